The number of halogens is 1. The molecule has 1 aliphatic heterocycles. The van der Waals surface area contributed by atoms with Crippen LogP contribution in [0.5, 0.6) is 0 Å². The second kappa shape index (κ2) is 6.36. The lowest BCUT2D eigenvalue weighted by atomic mass is 10.1. The molecular weight excluding hydrogens is 341 g/mol. The number of aromatic nitrogens is 3. The number of carbonyl (C=O) groups is 1. The number of carbonyl (C=O) groups excluding carboxylic acids is 1. The van der Waals surface area contributed by atoms with Gasteiger partial charge in [0, 0.05) is 31.7 Å². The van der Waals surface area contributed by atoms with Crippen molar-refractivity contribution in [3.8, 4) is 0 Å². The number of piperazine rings is 1. The van der Waals surface area contributed by atoms with Crippen molar-refractivity contribution in [1.29, 1.82) is 0 Å². The molecule has 25 heavy (non-hydrogen) atoms. The zero-order valence-electron chi connectivity index (χ0n) is 13.6. The van der Waals surface area contributed by atoms with Gasteiger partial charge in [-0.1, -0.05) is 0 Å². The molecule has 1 amide bonds. The van der Waals surface area contributed by atoms with Gasteiger partial charge in [-0.25, -0.2) is 19.3 Å². The zero-order valence-corrected chi connectivity index (χ0v) is 14.5. The molecule has 2 aromatic heterocycles. The van der Waals surface area contributed by atoms with Crippen LogP contribution < -0.4 is 4.90 Å². The number of anilines is 1. The Balaban J connectivity index is 1.47. The van der Waals surface area contributed by atoms with Crippen molar-refractivity contribution in [2.75, 3.05) is 31.1 Å². The largest absolute Gasteiger partial charge is 0.351 e. The number of hydrogen-bond donors (Lipinski definition) is 0. The first-order valence-corrected chi connectivity index (χ1v) is 8.86. The standard InChI is InChI=1S/C17H16FN5OS/c1-11-15(18)16(20-9-19-11)22-4-6-23(7-5-22)17(24)12-2-3-13-14(8-12)25-10-21-13/h2-3,8-10H,4-7H2,1H3. The van der Waals surface area contributed by atoms with E-state index in [2.05, 4.69) is 15.0 Å². The smallest absolute Gasteiger partial charge is 0.254 e. The molecule has 3 aromatic rings. The lowest BCUT2D eigenvalue weighted by Gasteiger charge is -2.35. The summed E-state index contributed by atoms with van der Waals surface area (Å²) in [5, 5.41) is 0. The molecule has 128 valence electrons. The highest BCUT2D eigenvalue weighted by Crippen LogP contribution is 2.22. The molecule has 1 saturated heterocycles. The molecular formula is C17H16FN5OS. The highest BCUT2D eigenvalue weighted by atomic mass is 32.1. The van der Waals surface area contributed by atoms with Gasteiger partial charge in [-0.3, -0.25) is 4.79 Å². The summed E-state index contributed by atoms with van der Waals surface area (Å²) in [6.45, 7) is 3.77. The van der Waals surface area contributed by atoms with Gasteiger partial charge < -0.3 is 9.80 Å². The second-order valence-corrected chi connectivity index (χ2v) is 6.80. The van der Waals surface area contributed by atoms with E-state index in [4.69, 9.17) is 0 Å². The summed E-state index contributed by atoms with van der Waals surface area (Å²) in [6.07, 6.45) is 1.37. The molecule has 8 heteroatoms. The first-order chi connectivity index (χ1) is 12.1. The lowest BCUT2D eigenvalue weighted by Crippen LogP contribution is -2.49. The number of amides is 1. The van der Waals surface area contributed by atoms with Gasteiger partial charge in [0.15, 0.2) is 11.6 Å². The summed E-state index contributed by atoms with van der Waals surface area (Å²) in [5.74, 6) is -0.0853. The maximum atomic E-state index is 14.2. The minimum absolute atomic E-state index is 0.00529. The van der Waals surface area contributed by atoms with Crippen LogP contribution in [0.15, 0.2) is 30.0 Å². The van der Waals surface area contributed by atoms with E-state index in [1.165, 1.54) is 17.7 Å². The fourth-order valence-corrected chi connectivity index (χ4v) is 3.67. The fraction of sp³-hybridized carbons (Fsp3) is 0.294. The number of nitrogens with zero attached hydrogens (tertiary/aromatic N) is 5. The Bertz CT molecular complexity index is 936. The summed E-state index contributed by atoms with van der Waals surface area (Å²) in [4.78, 5) is 28.5. The Morgan fingerprint density at radius 3 is 2.76 bits per heavy atom. The number of aryl methyl sites for hydroxylation is 1. The Labute approximate surface area is 148 Å². The summed E-state index contributed by atoms with van der Waals surface area (Å²) in [5.41, 5.74) is 3.67. The van der Waals surface area contributed by atoms with Crippen LogP contribution in [0.3, 0.4) is 0 Å². The highest BCUT2D eigenvalue weighted by Gasteiger charge is 2.25. The van der Waals surface area contributed by atoms with Gasteiger partial charge in [0.25, 0.3) is 5.91 Å². The number of fused-ring (bicyclic) bond motifs is 1. The number of hydrogen-bond acceptors (Lipinski definition) is 6. The molecule has 1 fully saturated rings. The SMILES string of the molecule is Cc1ncnc(N2CCN(C(=O)c3ccc4ncsc4c3)CC2)c1F. The molecule has 1 aliphatic rings. The van der Waals surface area contributed by atoms with Crippen LogP contribution in [-0.4, -0.2) is 51.9 Å². The summed E-state index contributed by atoms with van der Waals surface area (Å²) < 4.78 is 15.2. The van der Waals surface area contributed by atoms with Crippen LogP contribution in [-0.2, 0) is 0 Å². The average Bonchev–Trinajstić information content (AvgIpc) is 3.11. The number of thiazole rings is 1. The van der Waals surface area contributed by atoms with Crippen molar-refractivity contribution in [2.24, 2.45) is 0 Å². The molecule has 0 unspecified atom stereocenters. The quantitative estimate of drug-likeness (QED) is 0.705. The van der Waals surface area contributed by atoms with E-state index >= 15 is 0 Å². The van der Waals surface area contributed by atoms with Crippen molar-refractivity contribution >= 4 is 33.3 Å². The predicted molar refractivity (Wildman–Crippen MR) is 94.5 cm³/mol. The molecule has 0 atom stereocenters. The Kier molecular flexibility index (Phi) is 4.04. The Hall–Kier alpha value is -2.61. The van der Waals surface area contributed by atoms with Crippen LogP contribution in [0.25, 0.3) is 10.2 Å². The summed E-state index contributed by atoms with van der Waals surface area (Å²) >= 11 is 1.52. The van der Waals surface area contributed by atoms with Gasteiger partial charge in [-0.05, 0) is 25.1 Å². The van der Waals surface area contributed by atoms with Gasteiger partial charge >= 0.3 is 0 Å². The second-order valence-electron chi connectivity index (χ2n) is 5.91. The maximum absolute atomic E-state index is 14.2. The Morgan fingerprint density at radius 1 is 1.16 bits per heavy atom. The van der Waals surface area contributed by atoms with Crippen LogP contribution in [0, 0.1) is 12.7 Å². The van der Waals surface area contributed by atoms with Crippen LogP contribution in [0.1, 0.15) is 16.1 Å². The monoisotopic (exact) mass is 357 g/mol. The molecule has 6 nitrogen and oxygen atoms in total. The third kappa shape index (κ3) is 2.93. The third-order valence-corrected chi connectivity index (χ3v) is 5.18. The maximum Gasteiger partial charge on any atom is 0.254 e. The predicted octanol–water partition coefficient (Wildman–Crippen LogP) is 2.50. The highest BCUT2D eigenvalue weighted by molar-refractivity contribution is 7.16. The summed E-state index contributed by atoms with van der Waals surface area (Å²) in [6, 6.07) is 5.56. The van der Waals surface area contributed by atoms with Crippen molar-refractivity contribution in [3.63, 3.8) is 0 Å². The van der Waals surface area contributed by atoms with Gasteiger partial charge in [-0.2, -0.15) is 0 Å². The normalized spacial score (nSPS) is 15.0. The van der Waals surface area contributed by atoms with Gasteiger partial charge in [0.2, 0.25) is 0 Å². The van der Waals surface area contributed by atoms with E-state index in [1.54, 1.807) is 17.3 Å². The zero-order chi connectivity index (χ0) is 17.4. The minimum atomic E-state index is -0.391. The molecule has 0 bridgehead atoms. The van der Waals surface area contributed by atoms with Crippen molar-refractivity contribution in [3.05, 3.63) is 47.1 Å². The third-order valence-electron chi connectivity index (χ3n) is 4.39. The van der Waals surface area contributed by atoms with E-state index in [0.717, 1.165) is 10.2 Å². The van der Waals surface area contributed by atoms with Crippen molar-refractivity contribution < 1.29 is 9.18 Å². The molecule has 0 N–H and O–H groups in total. The van der Waals surface area contributed by atoms with Crippen molar-refractivity contribution in [1.82, 2.24) is 19.9 Å². The average molecular weight is 357 g/mol. The Morgan fingerprint density at radius 2 is 1.96 bits per heavy atom. The van der Waals surface area contributed by atoms with Crippen LogP contribution in [0.2, 0.25) is 0 Å². The van der Waals surface area contributed by atoms with E-state index in [-0.39, 0.29) is 5.91 Å². The van der Waals surface area contributed by atoms with Gasteiger partial charge in [0.05, 0.1) is 21.4 Å². The van der Waals surface area contributed by atoms with Gasteiger partial charge in [-0.15, -0.1) is 11.3 Å². The first-order valence-electron chi connectivity index (χ1n) is 7.98. The molecule has 1 aromatic carbocycles. The van der Waals surface area contributed by atoms with E-state index in [9.17, 15) is 9.18 Å². The molecule has 0 aliphatic carbocycles. The van der Waals surface area contributed by atoms with E-state index in [1.807, 2.05) is 23.1 Å². The number of rotatable bonds is 2. The molecule has 0 saturated carbocycles. The minimum Gasteiger partial charge on any atom is -0.351 e. The molecule has 3 heterocycles. The summed E-state index contributed by atoms with van der Waals surface area (Å²) in [7, 11) is 0. The van der Waals surface area contributed by atoms with Crippen LogP contribution in [0.4, 0.5) is 10.2 Å². The molecule has 4 rings (SSSR count). The molecule has 0 spiro atoms. The lowest BCUT2D eigenvalue weighted by molar-refractivity contribution is 0.0746. The number of benzene rings is 1. The van der Waals surface area contributed by atoms with Crippen LogP contribution >= 0.6 is 11.3 Å². The van der Waals surface area contributed by atoms with E-state index < -0.39 is 5.82 Å². The first kappa shape index (κ1) is 15.9. The van der Waals surface area contributed by atoms with Gasteiger partial charge in [0.1, 0.15) is 6.33 Å². The fourth-order valence-electron chi connectivity index (χ4n) is 2.96. The van der Waals surface area contributed by atoms with Crippen molar-refractivity contribution in [2.45, 2.75) is 6.92 Å². The molecule has 0 radical (unpaired) electrons. The van der Waals surface area contributed by atoms with E-state index in [0.29, 0.717) is 43.3 Å². The topological polar surface area (TPSA) is 62.2 Å².